The molecule has 0 radical (unpaired) electrons. The fraction of sp³-hybridized carbons (Fsp3) is 0.679. The van der Waals surface area contributed by atoms with Gasteiger partial charge in [0.1, 0.15) is 30.9 Å². The number of hydrogen-bond acceptors (Lipinski definition) is 7. The van der Waals surface area contributed by atoms with Gasteiger partial charge >= 0.3 is 0 Å². The van der Waals surface area contributed by atoms with Crippen LogP contribution in [-0.4, -0.2) is 105 Å². The summed E-state index contributed by atoms with van der Waals surface area (Å²) in [7, 11) is 1.56. The van der Waals surface area contributed by atoms with Crippen LogP contribution in [0.4, 0.5) is 5.69 Å². The average Bonchev–Trinajstić information content (AvgIpc) is 3.43. The molecule has 3 fully saturated rings. The van der Waals surface area contributed by atoms with Gasteiger partial charge in [0.25, 0.3) is 5.91 Å². The lowest BCUT2D eigenvalue weighted by Crippen LogP contribution is -2.53. The van der Waals surface area contributed by atoms with Gasteiger partial charge in [-0.3, -0.25) is 19.3 Å². The second kappa shape index (κ2) is 11.5. The van der Waals surface area contributed by atoms with Gasteiger partial charge in [0.15, 0.2) is 5.78 Å². The number of nitrogens with one attached hydrogen (secondary N) is 1. The molecule has 3 saturated heterocycles. The molecule has 4 rings (SSSR count). The van der Waals surface area contributed by atoms with Gasteiger partial charge in [0.05, 0.1) is 6.54 Å². The number of ether oxygens (including phenoxy) is 2. The molecule has 1 aromatic carbocycles. The smallest absolute Gasteiger partial charge is 0.251 e. The molecule has 0 bridgehead atoms. The number of ketones is 1. The Kier molecular flexibility index (Phi) is 8.56. The number of carbonyl (C=O) groups is 3. The number of amides is 2. The van der Waals surface area contributed by atoms with Crippen LogP contribution in [0.2, 0.25) is 0 Å². The van der Waals surface area contributed by atoms with Gasteiger partial charge in [-0.1, -0.05) is 27.7 Å². The molecule has 0 aliphatic carbocycles. The zero-order valence-electron chi connectivity index (χ0n) is 22.9. The minimum Gasteiger partial charge on any atom is -0.377 e. The molecule has 9 heteroatoms. The van der Waals surface area contributed by atoms with Crippen molar-refractivity contribution in [3.8, 4) is 0 Å². The largest absolute Gasteiger partial charge is 0.377 e. The van der Waals surface area contributed by atoms with Gasteiger partial charge < -0.3 is 24.6 Å². The van der Waals surface area contributed by atoms with Crippen molar-refractivity contribution in [1.82, 2.24) is 15.1 Å². The first-order chi connectivity index (χ1) is 17.6. The number of carbonyl (C=O) groups excluding carboxylic acids is 3. The number of Topliss-reactive ketones (excluding diaryl/α,β-unsaturated/α-hetero) is 1. The molecule has 1 N–H and O–H groups in total. The van der Waals surface area contributed by atoms with Crippen LogP contribution < -0.4 is 10.2 Å². The molecule has 0 aromatic heterocycles. The molecule has 4 atom stereocenters. The lowest BCUT2D eigenvalue weighted by molar-refractivity contribution is -0.138. The van der Waals surface area contributed by atoms with E-state index in [0.717, 1.165) is 38.4 Å². The summed E-state index contributed by atoms with van der Waals surface area (Å²) in [4.78, 5) is 45.9. The third-order valence-corrected chi connectivity index (χ3v) is 7.55. The molecule has 1 unspecified atom stereocenters. The number of hydrogen-bond donors (Lipinski definition) is 1. The Bertz CT molecular complexity index is 968. The van der Waals surface area contributed by atoms with Crippen LogP contribution in [-0.2, 0) is 19.1 Å². The van der Waals surface area contributed by atoms with E-state index in [2.05, 4.69) is 22.0 Å². The maximum Gasteiger partial charge on any atom is 0.251 e. The van der Waals surface area contributed by atoms with Crippen LogP contribution in [0.25, 0.3) is 0 Å². The first-order valence-corrected chi connectivity index (χ1v) is 13.5. The van der Waals surface area contributed by atoms with Gasteiger partial charge in [-0.05, 0) is 49.1 Å². The monoisotopic (exact) mass is 514 g/mol. The second-order valence-corrected chi connectivity index (χ2v) is 11.6. The SMILES string of the molecule is CCCN1CCN(c2ccc(C(=O)NC(CC(C)(C)C)C(=O)N3C[C@@H](OC)[C@H]4OCC(=O)[C@H]43)cc2)CC1. The van der Waals surface area contributed by atoms with Crippen molar-refractivity contribution < 1.29 is 23.9 Å². The van der Waals surface area contributed by atoms with Crippen LogP contribution in [0, 0.1) is 5.41 Å². The molecule has 9 nitrogen and oxygen atoms in total. The highest BCUT2D eigenvalue weighted by atomic mass is 16.5. The molecule has 2 amide bonds. The lowest BCUT2D eigenvalue weighted by atomic mass is 9.87. The van der Waals surface area contributed by atoms with Crippen molar-refractivity contribution in [3.63, 3.8) is 0 Å². The van der Waals surface area contributed by atoms with Gasteiger partial charge in [0.2, 0.25) is 5.91 Å². The first-order valence-electron chi connectivity index (χ1n) is 13.5. The Morgan fingerprint density at radius 1 is 1.14 bits per heavy atom. The van der Waals surface area contributed by atoms with E-state index in [-0.39, 0.29) is 42.3 Å². The van der Waals surface area contributed by atoms with E-state index >= 15 is 0 Å². The number of rotatable bonds is 8. The predicted molar refractivity (Wildman–Crippen MR) is 142 cm³/mol. The second-order valence-electron chi connectivity index (χ2n) is 11.6. The zero-order valence-corrected chi connectivity index (χ0v) is 22.9. The fourth-order valence-corrected chi connectivity index (χ4v) is 5.67. The Balaban J connectivity index is 1.44. The maximum absolute atomic E-state index is 13.7. The Morgan fingerprint density at radius 3 is 2.41 bits per heavy atom. The zero-order chi connectivity index (χ0) is 26.7. The number of fused-ring (bicyclic) bond motifs is 1. The summed E-state index contributed by atoms with van der Waals surface area (Å²) in [6.07, 6.45) is 0.795. The van der Waals surface area contributed by atoms with Crippen molar-refractivity contribution in [2.45, 2.75) is 64.8 Å². The molecule has 0 spiro atoms. The van der Waals surface area contributed by atoms with Crippen molar-refractivity contribution >= 4 is 23.3 Å². The predicted octanol–water partition coefficient (Wildman–Crippen LogP) is 1.95. The third kappa shape index (κ3) is 6.33. The standard InChI is InChI=1S/C28H42N4O5/c1-6-11-30-12-14-31(15-13-30)20-9-7-19(8-10-20)26(34)29-21(16-28(2,3)4)27(35)32-17-23(36-5)25-24(32)22(33)18-37-25/h7-10,21,23-25H,6,11-18H2,1-5H3,(H,29,34)/t21?,23-,24-,25-/m1/s1. The highest BCUT2D eigenvalue weighted by Gasteiger charge is 2.53. The minimum atomic E-state index is -0.761. The molecule has 1 aromatic rings. The molecular formula is C28H42N4O5. The van der Waals surface area contributed by atoms with E-state index in [1.54, 1.807) is 12.0 Å². The van der Waals surface area contributed by atoms with Crippen molar-refractivity contribution in [1.29, 1.82) is 0 Å². The quantitative estimate of drug-likeness (QED) is 0.567. The van der Waals surface area contributed by atoms with E-state index in [1.807, 2.05) is 45.0 Å². The fourth-order valence-electron chi connectivity index (χ4n) is 5.67. The van der Waals surface area contributed by atoms with Gasteiger partial charge in [0, 0.05) is 44.5 Å². The van der Waals surface area contributed by atoms with Gasteiger partial charge in [-0.15, -0.1) is 0 Å². The summed E-state index contributed by atoms with van der Waals surface area (Å²) in [5.74, 6) is -0.682. The van der Waals surface area contributed by atoms with Gasteiger partial charge in [-0.25, -0.2) is 0 Å². The maximum atomic E-state index is 13.7. The molecular weight excluding hydrogens is 472 g/mol. The molecule has 37 heavy (non-hydrogen) atoms. The molecule has 0 saturated carbocycles. The number of likely N-dealkylation sites (tertiary alicyclic amines) is 1. The molecule has 3 aliphatic rings. The number of piperazine rings is 1. The number of benzene rings is 1. The van der Waals surface area contributed by atoms with Crippen LogP contribution in [0.3, 0.4) is 0 Å². The van der Waals surface area contributed by atoms with Crippen LogP contribution >= 0.6 is 0 Å². The van der Waals surface area contributed by atoms with Crippen LogP contribution in [0.5, 0.6) is 0 Å². The number of nitrogens with zero attached hydrogens (tertiary/aromatic N) is 3. The first kappa shape index (κ1) is 27.5. The summed E-state index contributed by atoms with van der Waals surface area (Å²) >= 11 is 0. The summed E-state index contributed by atoms with van der Waals surface area (Å²) < 4.78 is 11.1. The Labute approximate surface area is 220 Å². The summed E-state index contributed by atoms with van der Waals surface area (Å²) in [6, 6.07) is 6.19. The van der Waals surface area contributed by atoms with E-state index in [0.29, 0.717) is 12.0 Å². The van der Waals surface area contributed by atoms with E-state index < -0.39 is 18.2 Å². The summed E-state index contributed by atoms with van der Waals surface area (Å²) in [5.41, 5.74) is 1.39. The normalized spacial score (nSPS) is 25.3. The minimum absolute atomic E-state index is 0.0186. The lowest BCUT2D eigenvalue weighted by Gasteiger charge is -2.36. The average molecular weight is 515 g/mol. The number of anilines is 1. The van der Waals surface area contributed by atoms with Crippen molar-refractivity contribution in [2.24, 2.45) is 5.41 Å². The van der Waals surface area contributed by atoms with Gasteiger partial charge in [-0.2, -0.15) is 0 Å². The Hall–Kier alpha value is -2.49. The van der Waals surface area contributed by atoms with E-state index in [4.69, 9.17) is 9.47 Å². The molecule has 3 heterocycles. The number of methoxy groups -OCH3 is 1. The van der Waals surface area contributed by atoms with Crippen LogP contribution in [0.1, 0.15) is 50.9 Å². The molecule has 3 aliphatic heterocycles. The van der Waals surface area contributed by atoms with Crippen LogP contribution in [0.15, 0.2) is 24.3 Å². The topological polar surface area (TPSA) is 91.4 Å². The highest BCUT2D eigenvalue weighted by Crippen LogP contribution is 2.31. The molecule has 204 valence electrons. The Morgan fingerprint density at radius 2 is 1.81 bits per heavy atom. The summed E-state index contributed by atoms with van der Waals surface area (Å²) in [5, 5.41) is 2.97. The van der Waals surface area contributed by atoms with E-state index in [1.165, 1.54) is 6.42 Å². The van der Waals surface area contributed by atoms with Crippen molar-refractivity contribution in [3.05, 3.63) is 29.8 Å². The third-order valence-electron chi connectivity index (χ3n) is 7.55. The summed E-state index contributed by atoms with van der Waals surface area (Å²) in [6.45, 7) is 13.7. The van der Waals surface area contributed by atoms with E-state index in [9.17, 15) is 14.4 Å². The van der Waals surface area contributed by atoms with Crippen molar-refractivity contribution in [2.75, 3.05) is 57.9 Å². The highest BCUT2D eigenvalue weighted by molar-refractivity contribution is 5.99.